The predicted octanol–water partition coefficient (Wildman–Crippen LogP) is 5.17. The number of hydrogen-bond acceptors (Lipinski definition) is 4. The summed E-state index contributed by atoms with van der Waals surface area (Å²) in [6.45, 7) is 2.85. The minimum atomic E-state index is -0.616. The van der Waals surface area contributed by atoms with Gasteiger partial charge < -0.3 is 14.7 Å². The van der Waals surface area contributed by atoms with Gasteiger partial charge in [-0.25, -0.2) is 0 Å². The highest BCUT2D eigenvalue weighted by Crippen LogP contribution is 2.32. The number of carboxylic acids is 1. The zero-order valence-electron chi connectivity index (χ0n) is 18.8. The highest BCUT2D eigenvalue weighted by molar-refractivity contribution is 5.83. The van der Waals surface area contributed by atoms with Gasteiger partial charge in [-0.2, -0.15) is 0 Å². The van der Waals surface area contributed by atoms with Crippen LogP contribution in [0.5, 0.6) is 5.75 Å². The Balaban J connectivity index is 1.32. The third kappa shape index (κ3) is 5.57. The van der Waals surface area contributed by atoms with Gasteiger partial charge in [0.15, 0.2) is 0 Å². The van der Waals surface area contributed by atoms with E-state index in [1.54, 1.807) is 7.11 Å². The number of benzene rings is 1. The van der Waals surface area contributed by atoms with E-state index in [1.807, 2.05) is 18.3 Å². The monoisotopic (exact) mass is 424 g/mol. The number of piperidine rings is 1. The molecular weight excluding hydrogens is 388 g/mol. The molecule has 4 rings (SSSR count). The van der Waals surface area contributed by atoms with Crippen molar-refractivity contribution in [1.29, 1.82) is 0 Å². The molecule has 2 atom stereocenters. The Kier molecular flexibility index (Phi) is 7.44. The summed E-state index contributed by atoms with van der Waals surface area (Å²) in [5.41, 5.74) is 2.25. The number of pyridine rings is 1. The summed E-state index contributed by atoms with van der Waals surface area (Å²) >= 11 is 0. The van der Waals surface area contributed by atoms with Crippen LogP contribution in [-0.4, -0.2) is 47.7 Å². The Morgan fingerprint density at radius 1 is 1.19 bits per heavy atom. The number of aliphatic carboxylic acids is 1. The number of carboxylic acid groups (broad SMARTS) is 1. The van der Waals surface area contributed by atoms with Crippen LogP contribution in [-0.2, 0) is 11.2 Å². The highest BCUT2D eigenvalue weighted by atomic mass is 16.5. The van der Waals surface area contributed by atoms with Crippen molar-refractivity contribution in [3.63, 3.8) is 0 Å². The molecular formula is C26H36N2O3. The average molecular weight is 425 g/mol. The average Bonchev–Trinajstić information content (AvgIpc) is 3.31. The molecule has 0 unspecified atom stereocenters. The van der Waals surface area contributed by atoms with Crippen molar-refractivity contribution >= 4 is 16.9 Å². The second-order valence-electron chi connectivity index (χ2n) is 9.48. The number of hydrogen-bond donors (Lipinski definition) is 1. The summed E-state index contributed by atoms with van der Waals surface area (Å²) < 4.78 is 5.38. The second kappa shape index (κ2) is 10.4. The Labute approximate surface area is 185 Å². The number of aryl methyl sites for hydroxylation is 1. The van der Waals surface area contributed by atoms with Gasteiger partial charge in [0.1, 0.15) is 5.75 Å². The Hall–Kier alpha value is -2.14. The fraction of sp³-hybridized carbons (Fsp3) is 0.615. The van der Waals surface area contributed by atoms with Crippen molar-refractivity contribution < 1.29 is 14.6 Å². The van der Waals surface area contributed by atoms with Crippen LogP contribution in [0.4, 0.5) is 0 Å². The summed E-state index contributed by atoms with van der Waals surface area (Å²) in [4.78, 5) is 18.9. The molecule has 1 aliphatic heterocycles. The molecule has 168 valence electrons. The van der Waals surface area contributed by atoms with E-state index in [0.717, 1.165) is 67.9 Å². The van der Waals surface area contributed by atoms with E-state index in [4.69, 9.17) is 4.74 Å². The lowest BCUT2D eigenvalue weighted by Crippen LogP contribution is -2.44. The van der Waals surface area contributed by atoms with Gasteiger partial charge in [0.05, 0.1) is 18.5 Å². The maximum Gasteiger partial charge on any atom is 0.308 e. The number of fused-ring (bicyclic) bond motifs is 1. The van der Waals surface area contributed by atoms with Crippen LogP contribution in [0.15, 0.2) is 30.5 Å². The molecule has 5 heteroatoms. The van der Waals surface area contributed by atoms with Gasteiger partial charge in [-0.05, 0) is 86.9 Å². The van der Waals surface area contributed by atoms with Crippen molar-refractivity contribution in [3.8, 4) is 5.75 Å². The first-order valence-corrected chi connectivity index (χ1v) is 12.0. The van der Waals surface area contributed by atoms with E-state index in [2.05, 4.69) is 22.0 Å². The zero-order chi connectivity index (χ0) is 21.6. The molecule has 0 radical (unpaired) electrons. The number of rotatable bonds is 9. The van der Waals surface area contributed by atoms with Crippen LogP contribution in [0.1, 0.15) is 56.9 Å². The number of nitrogens with zero attached hydrogens (tertiary/aromatic N) is 2. The van der Waals surface area contributed by atoms with Crippen LogP contribution < -0.4 is 4.74 Å². The molecule has 0 amide bonds. The van der Waals surface area contributed by atoms with E-state index in [1.165, 1.54) is 37.7 Å². The molecule has 31 heavy (non-hydrogen) atoms. The molecule has 2 heterocycles. The standard InChI is InChI=1S/C26H36N2O3/c1-31-22-9-10-25-23(17-22)20(11-14-27-25)7-4-8-21-13-16-28(18-24(21)26(29)30)15-12-19-5-2-3-6-19/h9-11,14,17,19,21,24H,2-8,12-13,15-16,18H2,1H3,(H,29,30)/t21-,24+/m1/s1. The van der Waals surface area contributed by atoms with Gasteiger partial charge in [-0.1, -0.05) is 25.7 Å². The lowest BCUT2D eigenvalue weighted by atomic mass is 9.81. The summed E-state index contributed by atoms with van der Waals surface area (Å²) in [7, 11) is 1.68. The lowest BCUT2D eigenvalue weighted by Gasteiger charge is -2.37. The Morgan fingerprint density at radius 3 is 2.81 bits per heavy atom. The molecule has 5 nitrogen and oxygen atoms in total. The van der Waals surface area contributed by atoms with Gasteiger partial charge in [0.2, 0.25) is 0 Å². The van der Waals surface area contributed by atoms with Gasteiger partial charge in [0, 0.05) is 18.1 Å². The van der Waals surface area contributed by atoms with Crippen molar-refractivity contribution in [3.05, 3.63) is 36.0 Å². The SMILES string of the molecule is COc1ccc2nccc(CCC[C@@H]3CCN(CCC4CCCC4)C[C@@H]3C(=O)O)c2c1. The summed E-state index contributed by atoms with van der Waals surface area (Å²) in [6.07, 6.45) is 12.5. The van der Waals surface area contributed by atoms with Crippen LogP contribution in [0, 0.1) is 17.8 Å². The Bertz CT molecular complexity index is 878. The molecule has 1 aromatic heterocycles. The van der Waals surface area contributed by atoms with E-state index in [9.17, 15) is 9.90 Å². The number of carbonyl (C=O) groups is 1. The molecule has 1 saturated carbocycles. The molecule has 0 bridgehead atoms. The summed E-state index contributed by atoms with van der Waals surface area (Å²) in [5, 5.41) is 11.0. The number of methoxy groups -OCH3 is 1. The first kappa shape index (κ1) is 22.1. The smallest absolute Gasteiger partial charge is 0.308 e. The molecule has 1 aromatic carbocycles. The largest absolute Gasteiger partial charge is 0.497 e. The first-order valence-electron chi connectivity index (χ1n) is 12.0. The minimum absolute atomic E-state index is 0.230. The van der Waals surface area contributed by atoms with E-state index >= 15 is 0 Å². The molecule has 0 spiro atoms. The Morgan fingerprint density at radius 2 is 2.03 bits per heavy atom. The topological polar surface area (TPSA) is 62.7 Å². The second-order valence-corrected chi connectivity index (χ2v) is 9.48. The number of aromatic nitrogens is 1. The van der Waals surface area contributed by atoms with E-state index in [-0.39, 0.29) is 11.8 Å². The summed E-state index contributed by atoms with van der Waals surface area (Å²) in [6, 6.07) is 8.08. The maximum atomic E-state index is 12.0. The van der Waals surface area contributed by atoms with Crippen LogP contribution >= 0.6 is 0 Å². The quantitative estimate of drug-likeness (QED) is 0.602. The van der Waals surface area contributed by atoms with Crippen LogP contribution in [0.2, 0.25) is 0 Å². The lowest BCUT2D eigenvalue weighted by molar-refractivity contribution is -0.146. The van der Waals surface area contributed by atoms with Crippen molar-refractivity contribution in [2.24, 2.45) is 17.8 Å². The molecule has 2 aliphatic rings. The van der Waals surface area contributed by atoms with E-state index < -0.39 is 5.97 Å². The van der Waals surface area contributed by atoms with Gasteiger partial charge in [0.25, 0.3) is 0 Å². The molecule has 1 N–H and O–H groups in total. The summed E-state index contributed by atoms with van der Waals surface area (Å²) in [5.74, 6) is 1.15. The third-order valence-corrected chi connectivity index (χ3v) is 7.55. The van der Waals surface area contributed by atoms with Gasteiger partial charge >= 0.3 is 5.97 Å². The third-order valence-electron chi connectivity index (χ3n) is 7.55. The normalized spacial score (nSPS) is 22.7. The van der Waals surface area contributed by atoms with Gasteiger partial charge in [-0.3, -0.25) is 9.78 Å². The van der Waals surface area contributed by atoms with Crippen LogP contribution in [0.25, 0.3) is 10.9 Å². The molecule has 1 aliphatic carbocycles. The fourth-order valence-electron chi connectivity index (χ4n) is 5.64. The first-order chi connectivity index (χ1) is 15.1. The van der Waals surface area contributed by atoms with Crippen LogP contribution in [0.3, 0.4) is 0 Å². The number of ether oxygens (including phenoxy) is 1. The molecule has 2 fully saturated rings. The van der Waals surface area contributed by atoms with Crippen molar-refractivity contribution in [2.45, 2.75) is 57.8 Å². The highest BCUT2D eigenvalue weighted by Gasteiger charge is 2.34. The van der Waals surface area contributed by atoms with E-state index in [0.29, 0.717) is 0 Å². The van der Waals surface area contributed by atoms with Crippen molar-refractivity contribution in [1.82, 2.24) is 9.88 Å². The molecule has 2 aromatic rings. The molecule has 1 saturated heterocycles. The number of likely N-dealkylation sites (tertiary alicyclic amines) is 1. The van der Waals surface area contributed by atoms with Gasteiger partial charge in [-0.15, -0.1) is 0 Å². The zero-order valence-corrected chi connectivity index (χ0v) is 18.8. The minimum Gasteiger partial charge on any atom is -0.497 e. The fourth-order valence-corrected chi connectivity index (χ4v) is 5.64. The maximum absolute atomic E-state index is 12.0. The predicted molar refractivity (Wildman–Crippen MR) is 123 cm³/mol. The van der Waals surface area contributed by atoms with Crippen molar-refractivity contribution in [2.75, 3.05) is 26.7 Å².